The van der Waals surface area contributed by atoms with Crippen molar-refractivity contribution >= 4 is 5.91 Å². The van der Waals surface area contributed by atoms with Gasteiger partial charge in [0.25, 0.3) is 0 Å². The summed E-state index contributed by atoms with van der Waals surface area (Å²) >= 11 is 0. The van der Waals surface area contributed by atoms with E-state index >= 15 is 0 Å². The topological polar surface area (TPSA) is 55.1 Å². The maximum Gasteiger partial charge on any atom is 0.227 e. The van der Waals surface area contributed by atoms with Crippen LogP contribution < -0.4 is 11.1 Å². The molecule has 3 heteroatoms. The van der Waals surface area contributed by atoms with Gasteiger partial charge < -0.3 is 11.1 Å². The molecule has 0 saturated heterocycles. The van der Waals surface area contributed by atoms with Crippen LogP contribution in [0, 0.1) is 11.3 Å². The van der Waals surface area contributed by atoms with Gasteiger partial charge in [0, 0.05) is 12.6 Å². The Morgan fingerprint density at radius 2 is 2.27 bits per heavy atom. The summed E-state index contributed by atoms with van der Waals surface area (Å²) in [5, 5.41) is 3.16. The largest absolute Gasteiger partial charge is 0.353 e. The zero-order valence-corrected chi connectivity index (χ0v) is 9.59. The summed E-state index contributed by atoms with van der Waals surface area (Å²) in [5.41, 5.74) is 5.50. The second kappa shape index (κ2) is 4.12. The Hall–Kier alpha value is -0.570. The molecule has 2 saturated carbocycles. The van der Waals surface area contributed by atoms with Gasteiger partial charge in [0.2, 0.25) is 5.91 Å². The number of nitrogens with one attached hydrogen (secondary N) is 1. The number of hydrogen-bond acceptors (Lipinski definition) is 2. The van der Waals surface area contributed by atoms with Gasteiger partial charge in [0.05, 0.1) is 5.41 Å². The summed E-state index contributed by atoms with van der Waals surface area (Å²) in [7, 11) is 0. The number of carbonyl (C=O) groups is 1. The summed E-state index contributed by atoms with van der Waals surface area (Å²) in [4.78, 5) is 12.0. The first-order valence-corrected chi connectivity index (χ1v) is 6.23. The normalized spacial score (nSPS) is 31.9. The predicted molar refractivity (Wildman–Crippen MR) is 60.3 cm³/mol. The lowest BCUT2D eigenvalue weighted by Crippen LogP contribution is -2.51. The number of hydrogen-bond donors (Lipinski definition) is 2. The molecule has 3 nitrogen and oxygen atoms in total. The highest BCUT2D eigenvalue weighted by Crippen LogP contribution is 2.42. The van der Waals surface area contributed by atoms with Crippen LogP contribution in [-0.4, -0.2) is 18.5 Å². The lowest BCUT2D eigenvalue weighted by molar-refractivity contribution is -0.135. The van der Waals surface area contributed by atoms with Gasteiger partial charge in [0.1, 0.15) is 0 Å². The summed E-state index contributed by atoms with van der Waals surface area (Å²) in [6.45, 7) is 2.72. The lowest BCUT2D eigenvalue weighted by Gasteiger charge is -2.39. The molecule has 3 N–H and O–H groups in total. The van der Waals surface area contributed by atoms with E-state index in [4.69, 9.17) is 5.73 Å². The Morgan fingerprint density at radius 3 is 2.73 bits per heavy atom. The monoisotopic (exact) mass is 210 g/mol. The third kappa shape index (κ3) is 2.03. The van der Waals surface area contributed by atoms with Crippen molar-refractivity contribution in [3.8, 4) is 0 Å². The molecule has 0 aromatic rings. The van der Waals surface area contributed by atoms with Crippen molar-refractivity contribution in [1.82, 2.24) is 5.32 Å². The summed E-state index contributed by atoms with van der Waals surface area (Å²) in [6.07, 6.45) is 6.79. The first-order chi connectivity index (χ1) is 7.22. The zero-order valence-electron chi connectivity index (χ0n) is 9.59. The maximum atomic E-state index is 12.0. The second-order valence-corrected chi connectivity index (χ2v) is 5.20. The van der Waals surface area contributed by atoms with Crippen molar-refractivity contribution in [3.63, 3.8) is 0 Å². The van der Waals surface area contributed by atoms with Crippen molar-refractivity contribution in [2.24, 2.45) is 17.1 Å². The van der Waals surface area contributed by atoms with Crippen LogP contribution in [0.1, 0.15) is 45.4 Å². The average molecular weight is 210 g/mol. The molecule has 0 spiro atoms. The summed E-state index contributed by atoms with van der Waals surface area (Å²) in [6, 6.07) is 0.460. The van der Waals surface area contributed by atoms with Gasteiger partial charge in [-0.1, -0.05) is 19.8 Å². The molecule has 0 aromatic carbocycles. The number of nitrogens with two attached hydrogens (primary N) is 1. The molecule has 0 heterocycles. The molecule has 2 fully saturated rings. The van der Waals surface area contributed by atoms with Crippen LogP contribution >= 0.6 is 0 Å². The molecule has 2 rings (SSSR count). The molecule has 86 valence electrons. The van der Waals surface area contributed by atoms with E-state index in [0.29, 0.717) is 12.6 Å². The quantitative estimate of drug-likeness (QED) is 0.721. The highest BCUT2D eigenvalue weighted by molar-refractivity contribution is 5.84. The Bertz CT molecular complexity index is 242. The molecule has 2 atom stereocenters. The van der Waals surface area contributed by atoms with E-state index in [9.17, 15) is 4.79 Å². The molecule has 0 aromatic heterocycles. The van der Waals surface area contributed by atoms with E-state index in [1.165, 1.54) is 19.3 Å². The van der Waals surface area contributed by atoms with Crippen molar-refractivity contribution < 1.29 is 4.79 Å². The van der Waals surface area contributed by atoms with Crippen LogP contribution in [0.25, 0.3) is 0 Å². The molecule has 15 heavy (non-hydrogen) atoms. The maximum absolute atomic E-state index is 12.0. The van der Waals surface area contributed by atoms with Gasteiger partial charge in [-0.3, -0.25) is 4.79 Å². The summed E-state index contributed by atoms with van der Waals surface area (Å²) < 4.78 is 0. The van der Waals surface area contributed by atoms with E-state index in [-0.39, 0.29) is 11.3 Å². The first kappa shape index (κ1) is 10.9. The fourth-order valence-electron chi connectivity index (χ4n) is 2.56. The molecule has 0 aliphatic heterocycles. The predicted octanol–water partition coefficient (Wildman–Crippen LogP) is 1.42. The van der Waals surface area contributed by atoms with Crippen LogP contribution in [0.15, 0.2) is 0 Å². The van der Waals surface area contributed by atoms with Gasteiger partial charge in [-0.25, -0.2) is 0 Å². The minimum atomic E-state index is -0.195. The second-order valence-electron chi connectivity index (χ2n) is 5.20. The highest BCUT2D eigenvalue weighted by atomic mass is 16.2. The molecule has 2 aliphatic carbocycles. The number of carbonyl (C=O) groups excluding carboxylic acids is 1. The lowest BCUT2D eigenvalue weighted by atomic mass is 9.68. The van der Waals surface area contributed by atoms with Gasteiger partial charge in [-0.15, -0.1) is 0 Å². The minimum Gasteiger partial charge on any atom is -0.353 e. The van der Waals surface area contributed by atoms with Crippen LogP contribution in [0.3, 0.4) is 0 Å². The number of rotatable bonds is 5. The van der Waals surface area contributed by atoms with Crippen LogP contribution in [-0.2, 0) is 4.79 Å². The molecule has 2 unspecified atom stereocenters. The zero-order chi connectivity index (χ0) is 10.9. The van der Waals surface area contributed by atoms with Crippen LogP contribution in [0.2, 0.25) is 0 Å². The van der Waals surface area contributed by atoms with Crippen molar-refractivity contribution in [3.05, 3.63) is 0 Å². The third-order valence-corrected chi connectivity index (χ3v) is 4.08. The van der Waals surface area contributed by atoms with Crippen molar-refractivity contribution in [2.45, 2.75) is 51.5 Å². The molecule has 0 radical (unpaired) electrons. The van der Waals surface area contributed by atoms with Gasteiger partial charge in [-0.2, -0.15) is 0 Å². The number of amides is 1. The van der Waals surface area contributed by atoms with E-state index in [0.717, 1.165) is 25.2 Å². The van der Waals surface area contributed by atoms with Crippen LogP contribution in [0.5, 0.6) is 0 Å². The van der Waals surface area contributed by atoms with E-state index < -0.39 is 0 Å². The smallest absolute Gasteiger partial charge is 0.227 e. The Morgan fingerprint density at radius 1 is 1.53 bits per heavy atom. The van der Waals surface area contributed by atoms with Crippen molar-refractivity contribution in [2.75, 3.05) is 6.54 Å². The van der Waals surface area contributed by atoms with Crippen molar-refractivity contribution in [1.29, 1.82) is 0 Å². The summed E-state index contributed by atoms with van der Waals surface area (Å²) in [5.74, 6) is 0.966. The molecule has 1 amide bonds. The van der Waals surface area contributed by atoms with E-state index in [1.807, 2.05) is 0 Å². The van der Waals surface area contributed by atoms with Crippen LogP contribution in [0.4, 0.5) is 0 Å². The third-order valence-electron chi connectivity index (χ3n) is 4.08. The fourth-order valence-corrected chi connectivity index (χ4v) is 2.56. The molecule has 0 bridgehead atoms. The highest BCUT2D eigenvalue weighted by Gasteiger charge is 2.46. The fraction of sp³-hybridized carbons (Fsp3) is 0.917. The molecule has 2 aliphatic rings. The van der Waals surface area contributed by atoms with E-state index in [1.54, 1.807) is 0 Å². The Labute approximate surface area is 91.8 Å². The SMILES string of the molecule is CCCC1CC1NC(=O)C1(CN)CCC1. The Balaban J connectivity index is 1.78. The molecular formula is C12H22N2O. The van der Waals surface area contributed by atoms with Gasteiger partial charge >= 0.3 is 0 Å². The van der Waals surface area contributed by atoms with Gasteiger partial charge in [-0.05, 0) is 31.6 Å². The van der Waals surface area contributed by atoms with E-state index in [2.05, 4.69) is 12.2 Å². The minimum absolute atomic E-state index is 0.195. The first-order valence-electron chi connectivity index (χ1n) is 6.23. The standard InChI is InChI=1S/C12H22N2O/c1-2-4-9-7-10(9)14-11(15)12(8-13)5-3-6-12/h9-10H,2-8,13H2,1H3,(H,14,15). The van der Waals surface area contributed by atoms with Gasteiger partial charge in [0.15, 0.2) is 0 Å². The molecular weight excluding hydrogens is 188 g/mol. The Kier molecular flexibility index (Phi) is 3.01. The average Bonchev–Trinajstić information content (AvgIpc) is 2.83.